The van der Waals surface area contributed by atoms with Crippen molar-refractivity contribution in [2.75, 3.05) is 5.32 Å². The van der Waals surface area contributed by atoms with Crippen molar-refractivity contribution in [3.05, 3.63) is 76.5 Å². The lowest BCUT2D eigenvalue weighted by Crippen LogP contribution is -2.27. The molecule has 0 aliphatic rings. The van der Waals surface area contributed by atoms with Gasteiger partial charge in [0.25, 0.3) is 5.56 Å². The molecule has 0 saturated heterocycles. The Hall–Kier alpha value is -3.32. The molecule has 0 radical (unpaired) electrons. The van der Waals surface area contributed by atoms with Crippen LogP contribution in [0.15, 0.2) is 59.7 Å². The van der Waals surface area contributed by atoms with Gasteiger partial charge in [0.2, 0.25) is 5.91 Å². The van der Waals surface area contributed by atoms with E-state index in [1.54, 1.807) is 11.3 Å². The SMILES string of the molecule is CCCc1cc(=O)n(CC(=O)Nc2ccc(-c3nc4ccc(C)cc4s3)cc2)cn1. The number of aryl methyl sites for hydroxylation is 2. The second kappa shape index (κ2) is 8.59. The highest BCUT2D eigenvalue weighted by molar-refractivity contribution is 7.21. The van der Waals surface area contributed by atoms with E-state index in [0.717, 1.165) is 39.3 Å². The van der Waals surface area contributed by atoms with Gasteiger partial charge in [-0.05, 0) is 55.3 Å². The fraction of sp³-hybridized carbons (Fsp3) is 0.217. The monoisotopic (exact) mass is 418 g/mol. The van der Waals surface area contributed by atoms with Crippen LogP contribution in [-0.4, -0.2) is 20.4 Å². The van der Waals surface area contributed by atoms with Crippen molar-refractivity contribution in [1.82, 2.24) is 14.5 Å². The van der Waals surface area contributed by atoms with Crippen LogP contribution in [0.5, 0.6) is 0 Å². The quantitative estimate of drug-likeness (QED) is 0.503. The second-order valence-electron chi connectivity index (χ2n) is 7.21. The highest BCUT2D eigenvalue weighted by Gasteiger charge is 2.09. The number of carbonyl (C=O) groups excluding carboxylic acids is 1. The number of hydrogen-bond donors (Lipinski definition) is 1. The molecule has 1 N–H and O–H groups in total. The van der Waals surface area contributed by atoms with Crippen molar-refractivity contribution in [2.45, 2.75) is 33.2 Å². The molecule has 2 aromatic carbocycles. The summed E-state index contributed by atoms with van der Waals surface area (Å²) in [5, 5.41) is 3.77. The molecular weight excluding hydrogens is 396 g/mol. The van der Waals surface area contributed by atoms with Gasteiger partial charge in [0.1, 0.15) is 11.6 Å². The first-order chi connectivity index (χ1) is 14.5. The second-order valence-corrected chi connectivity index (χ2v) is 8.24. The van der Waals surface area contributed by atoms with Crippen LogP contribution in [0.3, 0.4) is 0 Å². The van der Waals surface area contributed by atoms with E-state index in [4.69, 9.17) is 0 Å². The van der Waals surface area contributed by atoms with Crippen LogP contribution < -0.4 is 10.9 Å². The lowest BCUT2D eigenvalue weighted by atomic mass is 10.2. The fourth-order valence-electron chi connectivity index (χ4n) is 3.18. The zero-order valence-electron chi connectivity index (χ0n) is 16.9. The van der Waals surface area contributed by atoms with Crippen molar-refractivity contribution in [2.24, 2.45) is 0 Å². The molecule has 2 heterocycles. The number of nitrogens with one attached hydrogen (secondary N) is 1. The van der Waals surface area contributed by atoms with Gasteiger partial charge < -0.3 is 5.32 Å². The molecule has 0 spiro atoms. The number of rotatable bonds is 6. The molecule has 30 heavy (non-hydrogen) atoms. The van der Waals surface area contributed by atoms with Crippen LogP contribution >= 0.6 is 11.3 Å². The Kier molecular flexibility index (Phi) is 5.72. The fourth-order valence-corrected chi connectivity index (χ4v) is 4.25. The predicted molar refractivity (Wildman–Crippen MR) is 121 cm³/mol. The summed E-state index contributed by atoms with van der Waals surface area (Å²) < 4.78 is 2.47. The van der Waals surface area contributed by atoms with Gasteiger partial charge in [0, 0.05) is 23.0 Å². The van der Waals surface area contributed by atoms with Gasteiger partial charge >= 0.3 is 0 Å². The van der Waals surface area contributed by atoms with Gasteiger partial charge in [-0.1, -0.05) is 19.4 Å². The van der Waals surface area contributed by atoms with Crippen LogP contribution in [0.25, 0.3) is 20.8 Å². The largest absolute Gasteiger partial charge is 0.325 e. The molecule has 152 valence electrons. The third-order valence-electron chi connectivity index (χ3n) is 4.72. The maximum Gasteiger partial charge on any atom is 0.253 e. The Bertz CT molecular complexity index is 1260. The molecule has 0 aliphatic heterocycles. The smallest absolute Gasteiger partial charge is 0.253 e. The van der Waals surface area contributed by atoms with Crippen LogP contribution in [0.4, 0.5) is 5.69 Å². The summed E-state index contributed by atoms with van der Waals surface area (Å²) in [6.45, 7) is 4.03. The van der Waals surface area contributed by atoms with Gasteiger partial charge in [0.05, 0.1) is 16.5 Å². The molecule has 2 aromatic heterocycles. The van der Waals surface area contributed by atoms with Crippen LogP contribution in [0.2, 0.25) is 0 Å². The Labute approximate surface area is 178 Å². The summed E-state index contributed by atoms with van der Waals surface area (Å²) in [4.78, 5) is 33.4. The average molecular weight is 419 g/mol. The van der Waals surface area contributed by atoms with E-state index in [-0.39, 0.29) is 18.0 Å². The number of benzene rings is 2. The average Bonchev–Trinajstić information content (AvgIpc) is 3.14. The number of fused-ring (bicyclic) bond motifs is 1. The van der Waals surface area contributed by atoms with Gasteiger partial charge in [-0.15, -0.1) is 11.3 Å². The Morgan fingerprint density at radius 3 is 2.67 bits per heavy atom. The molecule has 0 aliphatic carbocycles. The zero-order chi connectivity index (χ0) is 21.1. The summed E-state index contributed by atoms with van der Waals surface area (Å²) in [6, 6.07) is 15.3. The number of aromatic nitrogens is 3. The minimum atomic E-state index is -0.273. The minimum Gasteiger partial charge on any atom is -0.325 e. The summed E-state index contributed by atoms with van der Waals surface area (Å²) in [7, 11) is 0. The Balaban J connectivity index is 1.44. The van der Waals surface area contributed by atoms with E-state index in [0.29, 0.717) is 5.69 Å². The third kappa shape index (κ3) is 4.46. The third-order valence-corrected chi connectivity index (χ3v) is 5.78. The molecule has 4 aromatic rings. The first kappa shape index (κ1) is 20.0. The summed E-state index contributed by atoms with van der Waals surface area (Å²) >= 11 is 1.65. The molecular formula is C23H22N4O2S. The molecule has 0 atom stereocenters. The summed E-state index contributed by atoms with van der Waals surface area (Å²) in [5.74, 6) is -0.273. The Morgan fingerprint density at radius 2 is 1.93 bits per heavy atom. The van der Waals surface area contributed by atoms with Crippen molar-refractivity contribution < 1.29 is 4.79 Å². The lowest BCUT2D eigenvalue weighted by Gasteiger charge is -2.08. The molecule has 0 fully saturated rings. The lowest BCUT2D eigenvalue weighted by molar-refractivity contribution is -0.116. The maximum atomic E-state index is 12.3. The number of hydrogen-bond acceptors (Lipinski definition) is 5. The molecule has 7 heteroatoms. The van der Waals surface area contributed by atoms with E-state index in [9.17, 15) is 9.59 Å². The van der Waals surface area contributed by atoms with E-state index in [1.807, 2.05) is 37.3 Å². The number of amides is 1. The van der Waals surface area contributed by atoms with Crippen LogP contribution in [0, 0.1) is 6.92 Å². The predicted octanol–water partition coefficient (Wildman–Crippen LogP) is 4.42. The van der Waals surface area contributed by atoms with Crippen LogP contribution in [-0.2, 0) is 17.8 Å². The standard InChI is InChI=1S/C23H22N4O2S/c1-3-4-18-12-22(29)27(14-24-18)13-21(28)25-17-8-6-16(7-9-17)23-26-19-10-5-15(2)11-20(19)30-23/h5-12,14H,3-4,13H2,1-2H3,(H,25,28). The molecule has 4 rings (SSSR count). The zero-order valence-corrected chi connectivity index (χ0v) is 17.7. The number of anilines is 1. The normalized spacial score (nSPS) is 11.0. The van der Waals surface area contributed by atoms with E-state index in [1.165, 1.54) is 22.5 Å². The van der Waals surface area contributed by atoms with E-state index >= 15 is 0 Å². The molecule has 1 amide bonds. The Morgan fingerprint density at radius 1 is 1.13 bits per heavy atom. The maximum absolute atomic E-state index is 12.3. The van der Waals surface area contributed by atoms with Gasteiger partial charge in [-0.25, -0.2) is 9.97 Å². The molecule has 0 bridgehead atoms. The van der Waals surface area contributed by atoms with Crippen molar-refractivity contribution in [1.29, 1.82) is 0 Å². The van der Waals surface area contributed by atoms with Crippen molar-refractivity contribution >= 4 is 33.1 Å². The summed E-state index contributed by atoms with van der Waals surface area (Å²) in [6.07, 6.45) is 3.11. The van der Waals surface area contributed by atoms with E-state index < -0.39 is 0 Å². The molecule has 0 saturated carbocycles. The van der Waals surface area contributed by atoms with Crippen molar-refractivity contribution in [3.8, 4) is 10.6 Å². The highest BCUT2D eigenvalue weighted by Crippen LogP contribution is 2.31. The minimum absolute atomic E-state index is 0.0722. The van der Waals surface area contributed by atoms with E-state index in [2.05, 4.69) is 34.3 Å². The number of thiazole rings is 1. The number of nitrogens with zero attached hydrogens (tertiary/aromatic N) is 3. The highest BCUT2D eigenvalue weighted by atomic mass is 32.1. The molecule has 0 unspecified atom stereocenters. The molecule has 6 nitrogen and oxygen atoms in total. The first-order valence-electron chi connectivity index (χ1n) is 9.84. The van der Waals surface area contributed by atoms with Crippen molar-refractivity contribution in [3.63, 3.8) is 0 Å². The van der Waals surface area contributed by atoms with Gasteiger partial charge in [-0.2, -0.15) is 0 Å². The number of carbonyl (C=O) groups is 1. The van der Waals surface area contributed by atoms with Crippen LogP contribution in [0.1, 0.15) is 24.6 Å². The van der Waals surface area contributed by atoms with Gasteiger partial charge in [0.15, 0.2) is 0 Å². The topological polar surface area (TPSA) is 76.9 Å². The van der Waals surface area contributed by atoms with Gasteiger partial charge in [-0.3, -0.25) is 14.2 Å². The first-order valence-corrected chi connectivity index (χ1v) is 10.7. The summed E-state index contributed by atoms with van der Waals surface area (Å²) in [5.41, 5.74) is 4.40.